The first-order valence-corrected chi connectivity index (χ1v) is 8.85. The van der Waals surface area contributed by atoms with Gasteiger partial charge in [0.25, 0.3) is 10.0 Å². The maximum absolute atomic E-state index is 12.4. The van der Waals surface area contributed by atoms with Gasteiger partial charge in [0.05, 0.1) is 0 Å². The highest BCUT2D eigenvalue weighted by molar-refractivity contribution is 7.91. The van der Waals surface area contributed by atoms with Crippen molar-refractivity contribution in [2.45, 2.75) is 37.6 Å². The molecule has 21 heavy (non-hydrogen) atoms. The number of amides is 2. The van der Waals surface area contributed by atoms with E-state index in [1.165, 1.54) is 23.3 Å². The van der Waals surface area contributed by atoms with Crippen molar-refractivity contribution in [2.75, 3.05) is 25.5 Å². The summed E-state index contributed by atoms with van der Waals surface area (Å²) in [4.78, 5) is 13.0. The number of carbonyl (C=O) groups excluding carboxylic acids is 1. The molecule has 0 spiro atoms. The highest BCUT2D eigenvalue weighted by Crippen LogP contribution is 2.26. The molecule has 120 valence electrons. The van der Waals surface area contributed by atoms with Crippen LogP contribution in [0.3, 0.4) is 0 Å². The predicted molar refractivity (Wildman–Crippen MR) is 82.1 cm³/mol. The molecule has 1 atom stereocenters. The molecule has 1 N–H and O–H groups in total. The van der Waals surface area contributed by atoms with Crippen molar-refractivity contribution in [1.29, 1.82) is 0 Å². The highest BCUT2D eigenvalue weighted by Gasteiger charge is 2.30. The number of hydrogen-bond donors (Lipinski definition) is 1. The summed E-state index contributed by atoms with van der Waals surface area (Å²) in [6.07, 6.45) is 0.695. The Bertz CT molecular complexity index is 586. The Morgan fingerprint density at radius 3 is 2.48 bits per heavy atom. The van der Waals surface area contributed by atoms with Crippen molar-refractivity contribution in [3.8, 4) is 0 Å². The van der Waals surface area contributed by atoms with Gasteiger partial charge in [-0.25, -0.2) is 13.2 Å². The van der Waals surface area contributed by atoms with Crippen LogP contribution in [0.25, 0.3) is 0 Å². The summed E-state index contributed by atoms with van der Waals surface area (Å²) in [5, 5.41) is 10.3. The van der Waals surface area contributed by atoms with Gasteiger partial charge in [-0.15, -0.1) is 10.2 Å². The average Bonchev–Trinajstić information content (AvgIpc) is 2.96. The van der Waals surface area contributed by atoms with Crippen LogP contribution in [0.1, 0.15) is 27.2 Å². The van der Waals surface area contributed by atoms with Gasteiger partial charge in [-0.2, -0.15) is 4.31 Å². The first-order valence-electron chi connectivity index (χ1n) is 6.60. The number of sulfonamides is 1. The molecule has 10 heteroatoms. The largest absolute Gasteiger partial charge is 0.341 e. The molecule has 0 aromatic carbocycles. The molecule has 2 amide bonds. The van der Waals surface area contributed by atoms with Gasteiger partial charge in [0, 0.05) is 26.7 Å². The first kappa shape index (κ1) is 17.8. The summed E-state index contributed by atoms with van der Waals surface area (Å²) < 4.78 is 26.0. The van der Waals surface area contributed by atoms with Gasteiger partial charge in [0.1, 0.15) is 0 Å². The molecule has 1 aromatic heterocycles. The van der Waals surface area contributed by atoms with E-state index in [2.05, 4.69) is 15.5 Å². The van der Waals surface area contributed by atoms with Crippen LogP contribution in [0.4, 0.5) is 9.93 Å². The van der Waals surface area contributed by atoms with Crippen LogP contribution in [0, 0.1) is 0 Å². The number of carbonyl (C=O) groups is 1. The van der Waals surface area contributed by atoms with Crippen molar-refractivity contribution in [2.24, 2.45) is 0 Å². The molecular weight excluding hydrogens is 314 g/mol. The maximum atomic E-state index is 12.4. The highest BCUT2D eigenvalue weighted by atomic mass is 32.2. The number of nitrogens with one attached hydrogen (secondary N) is 1. The van der Waals surface area contributed by atoms with Crippen LogP contribution in [-0.4, -0.2) is 55.6 Å². The Kier molecular flexibility index (Phi) is 6.05. The van der Waals surface area contributed by atoms with Gasteiger partial charge >= 0.3 is 6.03 Å². The third-order valence-electron chi connectivity index (χ3n) is 3.21. The minimum Gasteiger partial charge on any atom is -0.341 e. The SMILES string of the molecule is CCC(C)N(C)S(=O)(=O)c1nnc(N(CC)C(=O)NC)s1. The Hall–Kier alpha value is -1.26. The minimum absolute atomic E-state index is 0.109. The van der Waals surface area contributed by atoms with Gasteiger partial charge in [-0.1, -0.05) is 18.3 Å². The molecule has 1 heterocycles. The molecule has 8 nitrogen and oxygen atoms in total. The van der Waals surface area contributed by atoms with Crippen molar-refractivity contribution in [1.82, 2.24) is 19.8 Å². The first-order chi connectivity index (χ1) is 9.79. The molecule has 1 rings (SSSR count). The van der Waals surface area contributed by atoms with Gasteiger partial charge in [-0.3, -0.25) is 4.90 Å². The molecule has 0 aliphatic heterocycles. The van der Waals surface area contributed by atoms with Crippen molar-refractivity contribution in [3.05, 3.63) is 0 Å². The Morgan fingerprint density at radius 1 is 1.38 bits per heavy atom. The summed E-state index contributed by atoms with van der Waals surface area (Å²) in [6, 6.07) is -0.489. The van der Waals surface area contributed by atoms with Crippen LogP contribution in [0.5, 0.6) is 0 Å². The summed E-state index contributed by atoms with van der Waals surface area (Å²) in [5.41, 5.74) is 0. The number of aromatic nitrogens is 2. The van der Waals surface area contributed by atoms with E-state index >= 15 is 0 Å². The van der Waals surface area contributed by atoms with Gasteiger partial charge in [0.15, 0.2) is 0 Å². The van der Waals surface area contributed by atoms with Crippen molar-refractivity contribution >= 4 is 32.5 Å². The lowest BCUT2D eigenvalue weighted by Crippen LogP contribution is -2.37. The van der Waals surface area contributed by atoms with Gasteiger partial charge < -0.3 is 5.32 Å². The lowest BCUT2D eigenvalue weighted by molar-refractivity contribution is 0.248. The van der Waals surface area contributed by atoms with Crippen molar-refractivity contribution < 1.29 is 13.2 Å². The summed E-state index contributed by atoms with van der Waals surface area (Å²) in [7, 11) is -0.669. The lowest BCUT2D eigenvalue weighted by Gasteiger charge is -2.21. The monoisotopic (exact) mass is 335 g/mol. The van der Waals surface area contributed by atoms with E-state index in [1.54, 1.807) is 6.92 Å². The number of anilines is 1. The fourth-order valence-corrected chi connectivity index (χ4v) is 4.19. The number of nitrogens with zero attached hydrogens (tertiary/aromatic N) is 4. The third-order valence-corrected chi connectivity index (χ3v) is 6.48. The molecule has 1 aromatic rings. The van der Waals surface area contributed by atoms with Gasteiger partial charge in [-0.05, 0) is 20.3 Å². The minimum atomic E-state index is -3.68. The zero-order chi connectivity index (χ0) is 16.2. The quantitative estimate of drug-likeness (QED) is 0.786. The smallest absolute Gasteiger partial charge is 0.323 e. The predicted octanol–water partition coefficient (Wildman–Crippen LogP) is 1.12. The second kappa shape index (κ2) is 7.14. The summed E-state index contributed by atoms with van der Waals surface area (Å²) in [5.74, 6) is 0. The Morgan fingerprint density at radius 2 is 2.00 bits per heavy atom. The normalized spacial score (nSPS) is 13.2. The standard InChI is InChI=1S/C11H21N5O3S2/c1-6-8(3)15(5)21(18,19)11-14-13-10(20-11)16(7-2)9(17)12-4/h8H,6-7H2,1-5H3,(H,12,17). The van der Waals surface area contributed by atoms with Gasteiger partial charge in [0.2, 0.25) is 9.47 Å². The molecule has 0 fully saturated rings. The van der Waals surface area contributed by atoms with Crippen LogP contribution in [-0.2, 0) is 10.0 Å². The molecule has 0 bridgehead atoms. The zero-order valence-corrected chi connectivity index (χ0v) is 14.5. The fourth-order valence-electron chi connectivity index (χ4n) is 1.53. The average molecular weight is 335 g/mol. The maximum Gasteiger partial charge on any atom is 0.323 e. The molecule has 0 aliphatic rings. The molecular formula is C11H21N5O3S2. The molecule has 0 aliphatic carbocycles. The molecule has 0 saturated carbocycles. The van der Waals surface area contributed by atoms with Crippen LogP contribution in [0.15, 0.2) is 4.34 Å². The lowest BCUT2D eigenvalue weighted by atomic mass is 10.3. The molecule has 0 radical (unpaired) electrons. The van der Waals surface area contributed by atoms with Crippen LogP contribution < -0.4 is 10.2 Å². The molecule has 0 saturated heterocycles. The Balaban J connectivity index is 3.10. The third kappa shape index (κ3) is 3.69. The second-order valence-corrected chi connectivity index (χ2v) is 7.56. The summed E-state index contributed by atoms with van der Waals surface area (Å²) in [6.45, 7) is 5.88. The fraction of sp³-hybridized carbons (Fsp3) is 0.727. The van der Waals surface area contributed by atoms with E-state index in [0.29, 0.717) is 13.0 Å². The van der Waals surface area contributed by atoms with Crippen LogP contribution >= 0.6 is 11.3 Å². The van der Waals surface area contributed by atoms with Crippen LogP contribution in [0.2, 0.25) is 0 Å². The van der Waals surface area contributed by atoms with E-state index in [0.717, 1.165) is 11.3 Å². The topological polar surface area (TPSA) is 95.5 Å². The van der Waals surface area contributed by atoms with E-state index in [9.17, 15) is 13.2 Å². The number of rotatable bonds is 6. The Labute approximate surface area is 129 Å². The number of urea groups is 1. The van der Waals surface area contributed by atoms with Crippen molar-refractivity contribution in [3.63, 3.8) is 0 Å². The van der Waals surface area contributed by atoms with E-state index in [-0.39, 0.29) is 21.5 Å². The zero-order valence-electron chi connectivity index (χ0n) is 12.8. The molecule has 1 unspecified atom stereocenters. The van der Waals surface area contributed by atoms with E-state index in [1.807, 2.05) is 13.8 Å². The van der Waals surface area contributed by atoms with E-state index < -0.39 is 10.0 Å². The second-order valence-electron chi connectivity index (χ2n) is 4.43. The number of hydrogen-bond acceptors (Lipinski definition) is 6. The van der Waals surface area contributed by atoms with E-state index in [4.69, 9.17) is 0 Å². The summed E-state index contributed by atoms with van der Waals surface area (Å²) >= 11 is 0.886.